The Hall–Kier alpha value is -4.14. The van der Waals surface area contributed by atoms with Crippen molar-refractivity contribution in [3.05, 3.63) is 68.5 Å². The Morgan fingerprint density at radius 1 is 0.907 bits per heavy atom. The van der Waals surface area contributed by atoms with Crippen LogP contribution in [0.2, 0.25) is 0 Å². The van der Waals surface area contributed by atoms with Crippen molar-refractivity contribution in [2.24, 2.45) is 0 Å². The van der Waals surface area contributed by atoms with Crippen molar-refractivity contribution >= 4 is 46.5 Å². The molecule has 1 aromatic carbocycles. The number of nitrogens with zero attached hydrogens (tertiary/aromatic N) is 2. The van der Waals surface area contributed by atoms with Crippen LogP contribution in [0.5, 0.6) is 11.5 Å². The van der Waals surface area contributed by atoms with Crippen LogP contribution in [0.25, 0.3) is 0 Å². The topological polar surface area (TPSA) is 147 Å². The summed E-state index contributed by atoms with van der Waals surface area (Å²) in [6.45, 7) is 2.24. The van der Waals surface area contributed by atoms with Gasteiger partial charge in [-0.25, -0.2) is 4.79 Å². The van der Waals surface area contributed by atoms with Crippen molar-refractivity contribution in [1.82, 2.24) is 20.4 Å². The number of fused-ring (bicyclic) bond motifs is 1. The maximum Gasteiger partial charge on any atom is 0.315 e. The molecule has 14 heteroatoms. The minimum Gasteiger partial charge on any atom is -0.481 e. The summed E-state index contributed by atoms with van der Waals surface area (Å²) in [7, 11) is 0. The zero-order valence-electron chi connectivity index (χ0n) is 23.2. The Bertz CT molecular complexity index is 1370. The van der Waals surface area contributed by atoms with Gasteiger partial charge >= 0.3 is 12.0 Å². The van der Waals surface area contributed by atoms with E-state index in [9.17, 15) is 24.3 Å². The first-order chi connectivity index (χ1) is 20.9. The standard InChI is InChI=1S/C29H32N4O8S2/c34-26(32-7-9-39-10-8-32)14-23(28(37)33(16-20-3-1-11-42-20)17-21-4-2-12-43-21)31-29(38)30-22(15-27(35)36)19-5-6-24-25(13-19)41-18-40-24/h1-6,11-13,22-23H,7-10,14-18H2,(H,35,36)(H2,30,31,38)/t22-,23-/m0/s1. The highest BCUT2D eigenvalue weighted by molar-refractivity contribution is 7.10. The SMILES string of the molecule is O=C(O)C[C@H](NC(=O)N[C@@H](CC(=O)N1CCOCC1)C(=O)N(Cc1cccs1)Cc1cccs1)c1ccc2c(c1)OCO2. The first kappa shape index (κ1) is 30.3. The normalized spacial score (nSPS) is 15.4. The summed E-state index contributed by atoms with van der Waals surface area (Å²) < 4.78 is 16.1. The number of nitrogens with one attached hydrogen (secondary N) is 2. The molecule has 0 aliphatic carbocycles. The molecule has 43 heavy (non-hydrogen) atoms. The largest absolute Gasteiger partial charge is 0.481 e. The number of urea groups is 1. The van der Waals surface area contributed by atoms with Crippen molar-refractivity contribution in [2.75, 3.05) is 33.1 Å². The zero-order valence-corrected chi connectivity index (χ0v) is 24.9. The molecule has 228 valence electrons. The molecule has 0 saturated carbocycles. The molecule has 0 unspecified atom stereocenters. The van der Waals surface area contributed by atoms with Crippen molar-refractivity contribution in [3.63, 3.8) is 0 Å². The van der Waals surface area contributed by atoms with Gasteiger partial charge in [0.2, 0.25) is 18.6 Å². The third kappa shape index (κ3) is 8.24. The van der Waals surface area contributed by atoms with E-state index in [1.54, 1.807) is 28.0 Å². The molecule has 12 nitrogen and oxygen atoms in total. The molecular formula is C29H32N4O8S2. The van der Waals surface area contributed by atoms with Gasteiger partial charge in [-0.3, -0.25) is 14.4 Å². The van der Waals surface area contributed by atoms with E-state index in [0.29, 0.717) is 56.5 Å². The lowest BCUT2D eigenvalue weighted by Crippen LogP contribution is -2.54. The molecule has 5 rings (SSSR count). The van der Waals surface area contributed by atoms with Crippen LogP contribution in [0.4, 0.5) is 4.79 Å². The van der Waals surface area contributed by atoms with Crippen molar-refractivity contribution in [3.8, 4) is 11.5 Å². The number of carbonyl (C=O) groups excluding carboxylic acids is 3. The summed E-state index contributed by atoms with van der Waals surface area (Å²) in [6, 6.07) is 9.65. The number of carboxylic acids is 1. The fourth-order valence-corrected chi connectivity index (χ4v) is 6.28. The zero-order chi connectivity index (χ0) is 30.2. The van der Waals surface area contributed by atoms with Crippen LogP contribution in [0.3, 0.4) is 0 Å². The van der Waals surface area contributed by atoms with E-state index >= 15 is 0 Å². The minimum absolute atomic E-state index is 0.0463. The van der Waals surface area contributed by atoms with Crippen LogP contribution >= 0.6 is 22.7 Å². The Morgan fingerprint density at radius 2 is 1.58 bits per heavy atom. The highest BCUT2D eigenvalue weighted by Gasteiger charge is 2.32. The average molecular weight is 629 g/mol. The van der Waals surface area contributed by atoms with E-state index in [4.69, 9.17) is 14.2 Å². The van der Waals surface area contributed by atoms with E-state index < -0.39 is 36.4 Å². The van der Waals surface area contributed by atoms with Gasteiger partial charge in [-0.05, 0) is 40.6 Å². The molecule has 3 aromatic rings. The van der Waals surface area contributed by atoms with E-state index in [1.807, 2.05) is 35.0 Å². The number of benzene rings is 1. The van der Waals surface area contributed by atoms with Crippen LogP contribution in [0.15, 0.2) is 53.2 Å². The van der Waals surface area contributed by atoms with Gasteiger partial charge in [-0.15, -0.1) is 22.7 Å². The number of rotatable bonds is 12. The van der Waals surface area contributed by atoms with E-state index in [0.717, 1.165) is 9.75 Å². The van der Waals surface area contributed by atoms with Crippen LogP contribution in [-0.2, 0) is 32.2 Å². The number of aliphatic carboxylic acids is 1. The number of thiophene rings is 2. The quantitative estimate of drug-likeness (QED) is 0.277. The number of hydrogen-bond acceptors (Lipinski definition) is 9. The summed E-state index contributed by atoms with van der Waals surface area (Å²) in [6.07, 6.45) is -0.674. The molecule has 0 radical (unpaired) electrons. The highest BCUT2D eigenvalue weighted by Crippen LogP contribution is 2.35. The van der Waals surface area contributed by atoms with Crippen LogP contribution in [-0.4, -0.2) is 77.9 Å². The number of amides is 4. The smallest absolute Gasteiger partial charge is 0.315 e. The molecule has 4 heterocycles. The predicted octanol–water partition coefficient (Wildman–Crippen LogP) is 3.20. The Balaban J connectivity index is 1.36. The van der Waals surface area contributed by atoms with Gasteiger partial charge in [0.1, 0.15) is 6.04 Å². The van der Waals surface area contributed by atoms with E-state index in [-0.39, 0.29) is 19.1 Å². The summed E-state index contributed by atoms with van der Waals surface area (Å²) in [5.41, 5.74) is 0.492. The van der Waals surface area contributed by atoms with E-state index in [1.165, 1.54) is 22.7 Å². The lowest BCUT2D eigenvalue weighted by molar-refractivity contribution is -0.141. The lowest BCUT2D eigenvalue weighted by Gasteiger charge is -2.31. The average Bonchev–Trinajstić information content (AvgIpc) is 3.79. The monoisotopic (exact) mass is 628 g/mol. The number of hydrogen-bond donors (Lipinski definition) is 3. The van der Waals surface area contributed by atoms with Crippen molar-refractivity contribution < 1.29 is 38.5 Å². The number of morpholine rings is 1. The summed E-state index contributed by atoms with van der Waals surface area (Å²) >= 11 is 3.02. The number of carboxylic acid groups (broad SMARTS) is 1. The fourth-order valence-electron chi connectivity index (χ4n) is 4.84. The molecule has 0 bridgehead atoms. The van der Waals surface area contributed by atoms with E-state index in [2.05, 4.69) is 10.6 Å². The molecule has 4 amide bonds. The molecule has 2 aliphatic heterocycles. The molecule has 0 spiro atoms. The predicted molar refractivity (Wildman–Crippen MR) is 158 cm³/mol. The third-order valence-corrected chi connectivity index (χ3v) is 8.72. The number of ether oxygens (including phenoxy) is 3. The van der Waals surface area contributed by atoms with Crippen molar-refractivity contribution in [2.45, 2.75) is 38.0 Å². The molecule has 2 atom stereocenters. The van der Waals surface area contributed by atoms with Crippen LogP contribution < -0.4 is 20.1 Å². The van der Waals surface area contributed by atoms with Gasteiger partial charge in [-0.1, -0.05) is 18.2 Å². The Morgan fingerprint density at radius 3 is 2.21 bits per heavy atom. The molecular weight excluding hydrogens is 596 g/mol. The van der Waals surface area contributed by atoms with Crippen molar-refractivity contribution in [1.29, 1.82) is 0 Å². The second-order valence-electron chi connectivity index (χ2n) is 9.98. The molecule has 2 aliphatic rings. The summed E-state index contributed by atoms with van der Waals surface area (Å²) in [5.74, 6) is -0.872. The Kier molecular flexibility index (Phi) is 10.1. The molecule has 1 saturated heterocycles. The second kappa shape index (κ2) is 14.4. The maximum atomic E-state index is 14.1. The van der Waals surface area contributed by atoms with Gasteiger partial charge in [0.25, 0.3) is 0 Å². The van der Waals surface area contributed by atoms with Crippen LogP contribution in [0, 0.1) is 0 Å². The van der Waals surface area contributed by atoms with Gasteiger partial charge in [0, 0.05) is 22.8 Å². The lowest BCUT2D eigenvalue weighted by atomic mass is 10.0. The fraction of sp³-hybridized carbons (Fsp3) is 0.379. The number of carbonyl (C=O) groups is 4. The van der Waals surface area contributed by atoms with Gasteiger partial charge < -0.3 is 39.8 Å². The maximum absolute atomic E-state index is 14.1. The van der Waals surface area contributed by atoms with Gasteiger partial charge in [-0.2, -0.15) is 0 Å². The first-order valence-electron chi connectivity index (χ1n) is 13.7. The Labute approximate surface area is 256 Å². The van der Waals surface area contributed by atoms with Gasteiger partial charge in [0.15, 0.2) is 11.5 Å². The first-order valence-corrected chi connectivity index (χ1v) is 15.5. The summed E-state index contributed by atoms with van der Waals surface area (Å²) in [5, 5.41) is 18.8. The van der Waals surface area contributed by atoms with Gasteiger partial charge in [0.05, 0.1) is 45.2 Å². The molecule has 1 fully saturated rings. The second-order valence-corrected chi connectivity index (χ2v) is 12.0. The minimum atomic E-state index is -1.20. The highest BCUT2D eigenvalue weighted by atomic mass is 32.1. The molecule has 3 N–H and O–H groups in total. The molecule has 2 aromatic heterocycles. The van der Waals surface area contributed by atoms with Crippen LogP contribution in [0.1, 0.15) is 34.2 Å². The summed E-state index contributed by atoms with van der Waals surface area (Å²) in [4.78, 5) is 57.6. The third-order valence-electron chi connectivity index (χ3n) is 6.99.